The maximum atomic E-state index is 11.2. The summed E-state index contributed by atoms with van der Waals surface area (Å²) in [6, 6.07) is 0.570. The smallest absolute Gasteiger partial charge is 0.219 e. The van der Waals surface area contributed by atoms with Gasteiger partial charge in [-0.15, -0.1) is 0 Å². The minimum Gasteiger partial charge on any atom is -0.389 e. The van der Waals surface area contributed by atoms with Crippen molar-refractivity contribution >= 4 is 5.91 Å². The Morgan fingerprint density at radius 2 is 2.06 bits per heavy atom. The van der Waals surface area contributed by atoms with Crippen LogP contribution in [0, 0.1) is 0 Å². The minimum atomic E-state index is -0.394. The Balaban J connectivity index is 1.75. The number of hydrogen-bond acceptors (Lipinski definition) is 4. The second-order valence-corrected chi connectivity index (χ2v) is 4.98. The van der Waals surface area contributed by atoms with Crippen LogP contribution in [0.2, 0.25) is 0 Å². The van der Waals surface area contributed by atoms with Crippen LogP contribution in [0.25, 0.3) is 0 Å². The van der Waals surface area contributed by atoms with Crippen molar-refractivity contribution in [1.29, 1.82) is 0 Å². The Morgan fingerprint density at radius 1 is 1.35 bits per heavy atom. The summed E-state index contributed by atoms with van der Waals surface area (Å²) in [6.07, 6.45) is 2.43. The van der Waals surface area contributed by atoms with Gasteiger partial charge in [0.2, 0.25) is 5.91 Å². The van der Waals surface area contributed by atoms with Crippen LogP contribution in [0.1, 0.15) is 26.2 Å². The van der Waals surface area contributed by atoms with Crippen molar-refractivity contribution in [2.75, 3.05) is 26.3 Å². The number of carbonyl (C=O) groups is 1. The fraction of sp³-hybridized carbons (Fsp3) is 0.917. The maximum absolute atomic E-state index is 11.2. The lowest BCUT2D eigenvalue weighted by molar-refractivity contribution is -0.130. The lowest BCUT2D eigenvalue weighted by atomic mass is 10.00. The molecule has 2 heterocycles. The van der Waals surface area contributed by atoms with Crippen LogP contribution in [0.5, 0.6) is 0 Å². The van der Waals surface area contributed by atoms with Crippen molar-refractivity contribution in [1.82, 2.24) is 10.2 Å². The zero-order valence-corrected chi connectivity index (χ0v) is 10.4. The third-order valence-electron chi connectivity index (χ3n) is 3.72. The van der Waals surface area contributed by atoms with Crippen molar-refractivity contribution in [2.45, 2.75) is 44.4 Å². The molecule has 0 bridgehead atoms. The zero-order chi connectivity index (χ0) is 12.3. The third-order valence-corrected chi connectivity index (χ3v) is 3.72. The molecule has 0 aromatic heterocycles. The summed E-state index contributed by atoms with van der Waals surface area (Å²) in [4.78, 5) is 13.1. The van der Waals surface area contributed by atoms with Crippen molar-refractivity contribution in [3.05, 3.63) is 0 Å². The van der Waals surface area contributed by atoms with E-state index in [1.165, 1.54) is 0 Å². The van der Waals surface area contributed by atoms with E-state index in [1.54, 1.807) is 6.92 Å². The molecule has 2 N–H and O–H groups in total. The van der Waals surface area contributed by atoms with E-state index in [0.717, 1.165) is 39.0 Å². The Morgan fingerprint density at radius 3 is 2.65 bits per heavy atom. The van der Waals surface area contributed by atoms with Crippen LogP contribution in [0.4, 0.5) is 0 Å². The van der Waals surface area contributed by atoms with Gasteiger partial charge in [0.05, 0.1) is 12.7 Å². The van der Waals surface area contributed by atoms with Crippen molar-refractivity contribution in [3.8, 4) is 0 Å². The van der Waals surface area contributed by atoms with Gasteiger partial charge in [0.15, 0.2) is 0 Å². The molecule has 2 saturated heterocycles. The molecular weight excluding hydrogens is 220 g/mol. The molecule has 98 valence electrons. The van der Waals surface area contributed by atoms with Gasteiger partial charge in [0, 0.05) is 38.7 Å². The standard InChI is InChI=1S/C12H22N2O3/c1-9(15)14-5-2-10(3-6-14)13-11-4-7-17-8-12(11)16/h10-13,16H,2-8H2,1H3/t11-,12-/m1/s1. The number of aliphatic hydroxyl groups excluding tert-OH is 1. The van der Waals surface area contributed by atoms with Gasteiger partial charge in [-0.3, -0.25) is 4.79 Å². The predicted molar refractivity (Wildman–Crippen MR) is 63.6 cm³/mol. The van der Waals surface area contributed by atoms with E-state index in [2.05, 4.69) is 5.32 Å². The Kier molecular flexibility index (Phi) is 4.36. The molecule has 5 heteroatoms. The highest BCUT2D eigenvalue weighted by Gasteiger charge is 2.28. The first-order valence-corrected chi connectivity index (χ1v) is 6.44. The van der Waals surface area contributed by atoms with Crippen LogP contribution in [-0.4, -0.2) is 60.4 Å². The number of carbonyl (C=O) groups excluding carboxylic acids is 1. The summed E-state index contributed by atoms with van der Waals surface area (Å²) in [5, 5.41) is 13.3. The number of nitrogens with zero attached hydrogens (tertiary/aromatic N) is 1. The maximum Gasteiger partial charge on any atom is 0.219 e. The molecule has 0 aliphatic carbocycles. The first-order valence-electron chi connectivity index (χ1n) is 6.44. The number of likely N-dealkylation sites (tertiary alicyclic amines) is 1. The van der Waals surface area contributed by atoms with Crippen molar-refractivity contribution < 1.29 is 14.6 Å². The summed E-state index contributed by atoms with van der Waals surface area (Å²) in [5.41, 5.74) is 0. The number of ether oxygens (including phenoxy) is 1. The molecule has 2 atom stereocenters. The van der Waals surface area contributed by atoms with Crippen LogP contribution in [0.3, 0.4) is 0 Å². The van der Waals surface area contributed by atoms with Crippen LogP contribution in [0.15, 0.2) is 0 Å². The molecule has 0 spiro atoms. The minimum absolute atomic E-state index is 0.151. The molecule has 2 aliphatic heterocycles. The Hall–Kier alpha value is -0.650. The topological polar surface area (TPSA) is 61.8 Å². The first kappa shape index (κ1) is 12.8. The summed E-state index contributed by atoms with van der Waals surface area (Å²) in [7, 11) is 0. The lowest BCUT2D eigenvalue weighted by Gasteiger charge is -2.36. The summed E-state index contributed by atoms with van der Waals surface area (Å²) >= 11 is 0. The van der Waals surface area contributed by atoms with Gasteiger partial charge in [-0.2, -0.15) is 0 Å². The molecule has 0 radical (unpaired) electrons. The summed E-state index contributed by atoms with van der Waals surface area (Å²) < 4.78 is 5.21. The van der Waals surface area contributed by atoms with Gasteiger partial charge in [0.25, 0.3) is 0 Å². The fourth-order valence-corrected chi connectivity index (χ4v) is 2.58. The normalized spacial score (nSPS) is 31.5. The van der Waals surface area contributed by atoms with E-state index < -0.39 is 6.10 Å². The Labute approximate surface area is 102 Å². The molecule has 2 aliphatic rings. The summed E-state index contributed by atoms with van der Waals surface area (Å²) in [5.74, 6) is 0.162. The van der Waals surface area contributed by atoms with E-state index in [0.29, 0.717) is 12.6 Å². The van der Waals surface area contributed by atoms with Crippen LogP contribution < -0.4 is 5.32 Å². The molecule has 0 aromatic carbocycles. The average molecular weight is 242 g/mol. The largest absolute Gasteiger partial charge is 0.389 e. The van der Waals surface area contributed by atoms with Gasteiger partial charge in [0.1, 0.15) is 0 Å². The van der Waals surface area contributed by atoms with Gasteiger partial charge in [-0.1, -0.05) is 0 Å². The molecule has 0 saturated carbocycles. The van der Waals surface area contributed by atoms with Crippen LogP contribution in [-0.2, 0) is 9.53 Å². The number of hydrogen-bond donors (Lipinski definition) is 2. The molecule has 1 amide bonds. The van der Waals surface area contributed by atoms with Crippen molar-refractivity contribution in [3.63, 3.8) is 0 Å². The lowest BCUT2D eigenvalue weighted by Crippen LogP contribution is -2.53. The predicted octanol–water partition coefficient (Wildman–Crippen LogP) is -0.263. The second-order valence-electron chi connectivity index (χ2n) is 4.98. The molecule has 2 rings (SSSR count). The Bertz CT molecular complexity index is 264. The highest BCUT2D eigenvalue weighted by molar-refractivity contribution is 5.73. The molecule has 0 unspecified atom stereocenters. The number of amides is 1. The number of nitrogens with one attached hydrogen (secondary N) is 1. The number of piperidine rings is 1. The van der Waals surface area contributed by atoms with Crippen molar-refractivity contribution in [2.24, 2.45) is 0 Å². The SMILES string of the molecule is CC(=O)N1CCC(N[C@@H]2CCOC[C@H]2O)CC1. The third kappa shape index (κ3) is 3.40. The monoisotopic (exact) mass is 242 g/mol. The number of aliphatic hydroxyl groups is 1. The van der Waals surface area contributed by atoms with Crippen LogP contribution >= 0.6 is 0 Å². The summed E-state index contributed by atoms with van der Waals surface area (Å²) in [6.45, 7) is 4.43. The quantitative estimate of drug-likeness (QED) is 0.700. The van der Waals surface area contributed by atoms with Gasteiger partial charge >= 0.3 is 0 Å². The van der Waals surface area contributed by atoms with Gasteiger partial charge in [-0.05, 0) is 19.3 Å². The molecule has 2 fully saturated rings. The number of rotatable bonds is 2. The molecule has 0 aromatic rings. The van der Waals surface area contributed by atoms with E-state index in [1.807, 2.05) is 4.90 Å². The highest BCUT2D eigenvalue weighted by atomic mass is 16.5. The van der Waals surface area contributed by atoms with E-state index in [4.69, 9.17) is 4.74 Å². The second kappa shape index (κ2) is 5.80. The van der Waals surface area contributed by atoms with Gasteiger partial charge in [-0.25, -0.2) is 0 Å². The zero-order valence-electron chi connectivity index (χ0n) is 10.4. The highest BCUT2D eigenvalue weighted by Crippen LogP contribution is 2.14. The fourth-order valence-electron chi connectivity index (χ4n) is 2.58. The average Bonchev–Trinajstić information content (AvgIpc) is 2.33. The van der Waals surface area contributed by atoms with E-state index in [9.17, 15) is 9.90 Å². The molecule has 5 nitrogen and oxygen atoms in total. The van der Waals surface area contributed by atoms with E-state index in [-0.39, 0.29) is 11.9 Å². The van der Waals surface area contributed by atoms with E-state index >= 15 is 0 Å². The molecular formula is C12H22N2O3. The molecule has 17 heavy (non-hydrogen) atoms. The van der Waals surface area contributed by atoms with Gasteiger partial charge < -0.3 is 20.1 Å². The first-order chi connectivity index (χ1) is 8.16.